The van der Waals surface area contributed by atoms with Gasteiger partial charge >= 0.3 is 0 Å². The Hall–Kier alpha value is -1.47. The van der Waals surface area contributed by atoms with Crippen molar-refractivity contribution in [3.63, 3.8) is 0 Å². The first-order chi connectivity index (χ1) is 9.47. The van der Waals surface area contributed by atoms with E-state index in [0.717, 1.165) is 21.1 Å². The molecule has 0 aliphatic carbocycles. The maximum atomic E-state index is 11.9. The van der Waals surface area contributed by atoms with E-state index >= 15 is 0 Å². The fourth-order valence-corrected chi connectivity index (χ4v) is 3.03. The van der Waals surface area contributed by atoms with Crippen LogP contribution < -0.4 is 9.47 Å². The third kappa shape index (κ3) is 2.69. The van der Waals surface area contributed by atoms with Crippen LogP contribution in [0.1, 0.15) is 5.56 Å². The van der Waals surface area contributed by atoms with Crippen molar-refractivity contribution in [1.82, 2.24) is 4.90 Å². The Bertz CT molecular complexity index is 615. The highest BCUT2D eigenvalue weighted by atomic mass is 79.9. The Kier molecular flexibility index (Phi) is 4.39. The number of halogens is 1. The van der Waals surface area contributed by atoms with Gasteiger partial charge in [0.1, 0.15) is 0 Å². The van der Waals surface area contributed by atoms with E-state index in [0.29, 0.717) is 22.0 Å². The number of rotatable bonds is 3. The van der Waals surface area contributed by atoms with Gasteiger partial charge in [0, 0.05) is 17.1 Å². The van der Waals surface area contributed by atoms with E-state index in [-0.39, 0.29) is 11.1 Å². The third-order valence-electron chi connectivity index (χ3n) is 2.75. The number of thioether (sulfide) groups is 1. The molecular formula is C13H12BrNO4S. The van der Waals surface area contributed by atoms with Crippen molar-refractivity contribution in [3.05, 3.63) is 27.1 Å². The molecule has 1 aliphatic rings. The van der Waals surface area contributed by atoms with Crippen LogP contribution in [-0.4, -0.2) is 37.3 Å². The summed E-state index contributed by atoms with van der Waals surface area (Å²) >= 11 is 4.27. The smallest absolute Gasteiger partial charge is 0.293 e. The van der Waals surface area contributed by atoms with Crippen LogP contribution in [0.3, 0.4) is 0 Å². The number of hydrogen-bond donors (Lipinski definition) is 0. The van der Waals surface area contributed by atoms with Gasteiger partial charge in [-0.05, 0) is 30.0 Å². The van der Waals surface area contributed by atoms with Crippen molar-refractivity contribution in [3.8, 4) is 11.5 Å². The second-order valence-corrected chi connectivity index (χ2v) is 5.88. The number of ether oxygens (including phenoxy) is 2. The molecule has 20 heavy (non-hydrogen) atoms. The largest absolute Gasteiger partial charge is 0.493 e. The Morgan fingerprint density at radius 1 is 1.25 bits per heavy atom. The number of benzene rings is 1. The summed E-state index contributed by atoms with van der Waals surface area (Å²) in [7, 11) is 4.51. The number of carbonyl (C=O) groups is 2. The molecule has 106 valence electrons. The molecule has 0 unspecified atom stereocenters. The maximum absolute atomic E-state index is 11.9. The summed E-state index contributed by atoms with van der Waals surface area (Å²) in [5, 5.41) is -0.290. The summed E-state index contributed by atoms with van der Waals surface area (Å²) < 4.78 is 11.3. The number of methoxy groups -OCH3 is 2. The summed E-state index contributed by atoms with van der Waals surface area (Å²) in [5.74, 6) is 0.739. The van der Waals surface area contributed by atoms with Gasteiger partial charge in [-0.2, -0.15) is 0 Å². The molecule has 7 heteroatoms. The van der Waals surface area contributed by atoms with E-state index in [1.54, 1.807) is 18.2 Å². The lowest BCUT2D eigenvalue weighted by Crippen LogP contribution is -2.22. The number of nitrogens with zero attached hydrogens (tertiary/aromatic N) is 1. The minimum absolute atomic E-state index is 0.290. The monoisotopic (exact) mass is 357 g/mol. The molecule has 0 aromatic heterocycles. The molecule has 1 aromatic carbocycles. The van der Waals surface area contributed by atoms with Crippen LogP contribution in [0.25, 0.3) is 6.08 Å². The Balaban J connectivity index is 2.51. The quantitative estimate of drug-likeness (QED) is 0.777. The topological polar surface area (TPSA) is 55.8 Å². The summed E-state index contributed by atoms with van der Waals surface area (Å²) in [4.78, 5) is 24.8. The standard InChI is InChI=1S/C13H12BrNO4S/c1-15-12(16)10(20-13(15)17)5-7-4-8(14)6-9(18-2)11(7)19-3/h4-6H,1-3H3/b10-5-. The van der Waals surface area contributed by atoms with Crippen molar-refractivity contribution in [1.29, 1.82) is 0 Å². The lowest BCUT2D eigenvalue weighted by atomic mass is 10.1. The predicted molar refractivity (Wildman–Crippen MR) is 81.0 cm³/mol. The van der Waals surface area contributed by atoms with E-state index in [1.165, 1.54) is 21.3 Å². The summed E-state index contributed by atoms with van der Waals surface area (Å²) in [6.07, 6.45) is 1.63. The van der Waals surface area contributed by atoms with Crippen LogP contribution in [-0.2, 0) is 4.79 Å². The zero-order valence-corrected chi connectivity index (χ0v) is 13.5. The molecule has 0 N–H and O–H groups in total. The van der Waals surface area contributed by atoms with Gasteiger partial charge in [0.15, 0.2) is 11.5 Å². The second kappa shape index (κ2) is 5.88. The van der Waals surface area contributed by atoms with Crippen LogP contribution in [0, 0.1) is 0 Å². The molecule has 5 nitrogen and oxygen atoms in total. The number of hydrogen-bond acceptors (Lipinski definition) is 5. The molecule has 0 bridgehead atoms. The van der Waals surface area contributed by atoms with Gasteiger partial charge in [0.25, 0.3) is 11.1 Å². The number of imide groups is 1. The SMILES string of the molecule is COc1cc(Br)cc(/C=C2\SC(=O)N(C)C2=O)c1OC. The van der Waals surface area contributed by atoms with E-state index in [4.69, 9.17) is 9.47 Å². The molecule has 2 amide bonds. The highest BCUT2D eigenvalue weighted by Gasteiger charge is 2.32. The second-order valence-electron chi connectivity index (χ2n) is 3.97. The van der Waals surface area contributed by atoms with Gasteiger partial charge in [-0.15, -0.1) is 0 Å². The maximum Gasteiger partial charge on any atom is 0.293 e. The van der Waals surface area contributed by atoms with Crippen molar-refractivity contribution in [2.45, 2.75) is 0 Å². The first-order valence-electron chi connectivity index (χ1n) is 5.61. The van der Waals surface area contributed by atoms with Crippen LogP contribution in [0.15, 0.2) is 21.5 Å². The molecule has 1 fully saturated rings. The third-order valence-corrected chi connectivity index (χ3v) is 4.16. The van der Waals surface area contributed by atoms with E-state index in [9.17, 15) is 9.59 Å². The van der Waals surface area contributed by atoms with Crippen LogP contribution in [0.5, 0.6) is 11.5 Å². The predicted octanol–water partition coefficient (Wildman–Crippen LogP) is 3.13. The van der Waals surface area contributed by atoms with Gasteiger partial charge in [0.2, 0.25) is 0 Å². The average Bonchev–Trinajstić information content (AvgIpc) is 2.65. The molecule has 0 saturated carbocycles. The van der Waals surface area contributed by atoms with Crippen molar-refractivity contribution < 1.29 is 19.1 Å². The van der Waals surface area contributed by atoms with E-state index in [1.807, 2.05) is 0 Å². The number of likely N-dealkylation sites (N-methyl/N-ethyl adjacent to an activating group) is 1. The van der Waals surface area contributed by atoms with Gasteiger partial charge < -0.3 is 9.47 Å². The molecule has 1 aliphatic heterocycles. The molecule has 1 aromatic rings. The van der Waals surface area contributed by atoms with Gasteiger partial charge in [0.05, 0.1) is 19.1 Å². The molecule has 0 spiro atoms. The highest BCUT2D eigenvalue weighted by molar-refractivity contribution is 9.10. The highest BCUT2D eigenvalue weighted by Crippen LogP contribution is 2.38. The summed E-state index contributed by atoms with van der Waals surface area (Å²) in [6.45, 7) is 0. The van der Waals surface area contributed by atoms with Crippen molar-refractivity contribution >= 4 is 44.9 Å². The van der Waals surface area contributed by atoms with E-state index < -0.39 is 0 Å². The van der Waals surface area contributed by atoms with Crippen LogP contribution in [0.2, 0.25) is 0 Å². The Morgan fingerprint density at radius 2 is 1.95 bits per heavy atom. The van der Waals surface area contributed by atoms with Gasteiger partial charge in [-0.1, -0.05) is 15.9 Å². The fraction of sp³-hybridized carbons (Fsp3) is 0.231. The van der Waals surface area contributed by atoms with E-state index in [2.05, 4.69) is 15.9 Å². The average molecular weight is 358 g/mol. The molecule has 1 heterocycles. The Morgan fingerprint density at radius 3 is 2.45 bits per heavy atom. The zero-order chi connectivity index (χ0) is 14.9. The Labute approximate surface area is 129 Å². The minimum Gasteiger partial charge on any atom is -0.493 e. The normalized spacial score (nSPS) is 17.0. The molecule has 0 atom stereocenters. The summed E-state index contributed by atoms with van der Waals surface area (Å²) in [6, 6.07) is 3.56. The van der Waals surface area contributed by atoms with Crippen molar-refractivity contribution in [2.24, 2.45) is 0 Å². The molecular weight excluding hydrogens is 346 g/mol. The first kappa shape index (κ1) is 14.9. The molecule has 2 rings (SSSR count). The lowest BCUT2D eigenvalue weighted by Gasteiger charge is -2.11. The minimum atomic E-state index is -0.319. The number of carbonyl (C=O) groups excluding carboxylic acids is 2. The number of amides is 2. The first-order valence-corrected chi connectivity index (χ1v) is 7.22. The van der Waals surface area contributed by atoms with Crippen LogP contribution >= 0.6 is 27.7 Å². The lowest BCUT2D eigenvalue weighted by molar-refractivity contribution is -0.121. The zero-order valence-electron chi connectivity index (χ0n) is 11.1. The van der Waals surface area contributed by atoms with Gasteiger partial charge in [-0.3, -0.25) is 14.5 Å². The molecule has 0 radical (unpaired) electrons. The van der Waals surface area contributed by atoms with Crippen LogP contribution in [0.4, 0.5) is 4.79 Å². The van der Waals surface area contributed by atoms with Gasteiger partial charge in [-0.25, -0.2) is 0 Å². The summed E-state index contributed by atoms with van der Waals surface area (Å²) in [5.41, 5.74) is 0.665. The fourth-order valence-electron chi connectivity index (χ4n) is 1.75. The van der Waals surface area contributed by atoms with Crippen molar-refractivity contribution in [2.75, 3.05) is 21.3 Å². The molecule has 1 saturated heterocycles.